The molecule has 1 aliphatic carbocycles. The molecule has 6 nitrogen and oxygen atoms in total. The van der Waals surface area contributed by atoms with Gasteiger partial charge in [-0.25, -0.2) is 0 Å². The van der Waals surface area contributed by atoms with Crippen molar-refractivity contribution in [1.29, 1.82) is 0 Å². The number of hydrogen-bond donors (Lipinski definition) is 1. The minimum atomic E-state index is -0.235. The maximum Gasteiger partial charge on any atom is 0.251 e. The normalized spacial score (nSPS) is 19.3. The van der Waals surface area contributed by atoms with Crippen molar-refractivity contribution < 1.29 is 19.1 Å². The summed E-state index contributed by atoms with van der Waals surface area (Å²) in [7, 11) is 0. The first-order valence-corrected chi connectivity index (χ1v) is 10.3. The van der Waals surface area contributed by atoms with Crippen LogP contribution in [0.2, 0.25) is 0 Å². The predicted molar refractivity (Wildman–Crippen MR) is 106 cm³/mol. The minimum Gasteiger partial charge on any atom is -0.371 e. The van der Waals surface area contributed by atoms with Gasteiger partial charge in [0.05, 0.1) is 13.2 Å². The molecule has 152 valence electrons. The highest BCUT2D eigenvalue weighted by Crippen LogP contribution is 2.29. The second kappa shape index (κ2) is 9.82. The number of Topliss-reactive ketones (excluding diaryl/α,β-unsaturated/α-hetero) is 1. The van der Waals surface area contributed by atoms with Crippen LogP contribution < -0.4 is 5.32 Å². The van der Waals surface area contributed by atoms with Crippen LogP contribution in [0.5, 0.6) is 0 Å². The highest BCUT2D eigenvalue weighted by molar-refractivity contribution is 5.96. The molecule has 1 saturated heterocycles. The van der Waals surface area contributed by atoms with Crippen LogP contribution in [-0.2, 0) is 14.3 Å². The zero-order valence-corrected chi connectivity index (χ0v) is 16.6. The Morgan fingerprint density at radius 2 is 2.04 bits per heavy atom. The zero-order valence-electron chi connectivity index (χ0n) is 16.6. The molecule has 2 aliphatic rings. The zero-order chi connectivity index (χ0) is 19.9. The fourth-order valence-electron chi connectivity index (χ4n) is 3.50. The first-order valence-electron chi connectivity index (χ1n) is 10.3. The van der Waals surface area contributed by atoms with Gasteiger partial charge in [-0.1, -0.05) is 19.1 Å². The number of likely N-dealkylation sites (tertiary alicyclic amines) is 1. The third kappa shape index (κ3) is 5.89. The summed E-state index contributed by atoms with van der Waals surface area (Å²) in [4.78, 5) is 38.0. The fourth-order valence-corrected chi connectivity index (χ4v) is 3.50. The molecule has 1 aromatic carbocycles. The summed E-state index contributed by atoms with van der Waals surface area (Å²) in [6.45, 7) is 4.12. The lowest BCUT2D eigenvalue weighted by Gasteiger charge is -2.33. The Kier molecular flexibility index (Phi) is 7.20. The van der Waals surface area contributed by atoms with Crippen LogP contribution in [0, 0.1) is 5.92 Å². The van der Waals surface area contributed by atoms with Crippen LogP contribution in [-0.4, -0.2) is 55.3 Å². The molecule has 0 aromatic heterocycles. The van der Waals surface area contributed by atoms with Crippen molar-refractivity contribution in [3.8, 4) is 0 Å². The van der Waals surface area contributed by atoms with Crippen LogP contribution in [0.25, 0.3) is 0 Å². The molecule has 2 fully saturated rings. The van der Waals surface area contributed by atoms with Crippen LogP contribution in [0.4, 0.5) is 0 Å². The number of benzene rings is 1. The maximum absolute atomic E-state index is 12.4. The van der Waals surface area contributed by atoms with Gasteiger partial charge in [0, 0.05) is 31.0 Å². The molecule has 28 heavy (non-hydrogen) atoms. The lowest BCUT2D eigenvalue weighted by Crippen LogP contribution is -2.41. The molecule has 1 heterocycles. The van der Waals surface area contributed by atoms with E-state index in [0.717, 1.165) is 24.9 Å². The average molecular weight is 386 g/mol. The molecular formula is C22H30N2O4. The van der Waals surface area contributed by atoms with E-state index in [1.54, 1.807) is 13.0 Å². The van der Waals surface area contributed by atoms with Gasteiger partial charge in [0.1, 0.15) is 6.61 Å². The molecule has 1 unspecified atom stereocenters. The van der Waals surface area contributed by atoms with Gasteiger partial charge in [0.15, 0.2) is 5.78 Å². The van der Waals surface area contributed by atoms with Crippen molar-refractivity contribution in [2.45, 2.75) is 44.9 Å². The van der Waals surface area contributed by atoms with Gasteiger partial charge in [-0.05, 0) is 49.3 Å². The number of piperidine rings is 1. The van der Waals surface area contributed by atoms with E-state index in [2.05, 4.69) is 5.32 Å². The summed E-state index contributed by atoms with van der Waals surface area (Å²) in [6.07, 6.45) is 4.79. The summed E-state index contributed by atoms with van der Waals surface area (Å²) in [5.41, 5.74) is 1.61. The maximum atomic E-state index is 12.4. The van der Waals surface area contributed by atoms with Crippen molar-refractivity contribution in [2.75, 3.05) is 32.8 Å². The summed E-state index contributed by atoms with van der Waals surface area (Å²) < 4.78 is 5.55. The number of rotatable bonds is 9. The molecule has 1 atom stereocenters. The van der Waals surface area contributed by atoms with E-state index in [1.807, 2.05) is 23.1 Å². The molecule has 2 amide bonds. The number of carbonyl (C=O) groups is 3. The highest BCUT2D eigenvalue weighted by Gasteiger charge is 2.26. The van der Waals surface area contributed by atoms with Crippen LogP contribution in [0.15, 0.2) is 24.3 Å². The van der Waals surface area contributed by atoms with E-state index in [9.17, 15) is 14.4 Å². The smallest absolute Gasteiger partial charge is 0.251 e. The topological polar surface area (TPSA) is 75.7 Å². The van der Waals surface area contributed by atoms with E-state index in [0.29, 0.717) is 31.1 Å². The Hall–Kier alpha value is -2.21. The Labute approximate surface area is 166 Å². The molecule has 0 spiro atoms. The average Bonchev–Trinajstić information content (AvgIpc) is 3.56. The molecule has 1 aliphatic heterocycles. The quantitative estimate of drug-likeness (QED) is 0.708. The van der Waals surface area contributed by atoms with Gasteiger partial charge in [0.25, 0.3) is 5.91 Å². The molecule has 6 heteroatoms. The van der Waals surface area contributed by atoms with Crippen LogP contribution in [0.3, 0.4) is 0 Å². The van der Waals surface area contributed by atoms with Crippen molar-refractivity contribution in [2.24, 2.45) is 5.92 Å². The Bertz CT molecular complexity index is 714. The number of amides is 2. The van der Waals surface area contributed by atoms with Gasteiger partial charge >= 0.3 is 0 Å². The lowest BCUT2D eigenvalue weighted by atomic mass is 9.89. The van der Waals surface area contributed by atoms with Gasteiger partial charge in [-0.3, -0.25) is 14.4 Å². The number of carbonyl (C=O) groups excluding carboxylic acids is 3. The second-order valence-electron chi connectivity index (χ2n) is 7.84. The Balaban J connectivity index is 1.55. The third-order valence-electron chi connectivity index (χ3n) is 5.51. The van der Waals surface area contributed by atoms with Crippen molar-refractivity contribution in [3.63, 3.8) is 0 Å². The first kappa shape index (κ1) is 20.5. The van der Waals surface area contributed by atoms with Gasteiger partial charge < -0.3 is 15.0 Å². The van der Waals surface area contributed by atoms with E-state index in [1.165, 1.54) is 12.8 Å². The van der Waals surface area contributed by atoms with Crippen molar-refractivity contribution >= 4 is 17.6 Å². The molecule has 0 bridgehead atoms. The predicted octanol–water partition coefficient (Wildman–Crippen LogP) is 2.53. The van der Waals surface area contributed by atoms with E-state index in [-0.39, 0.29) is 36.7 Å². The molecule has 0 radical (unpaired) electrons. The largest absolute Gasteiger partial charge is 0.371 e. The van der Waals surface area contributed by atoms with Gasteiger partial charge in [-0.2, -0.15) is 0 Å². The van der Waals surface area contributed by atoms with E-state index >= 15 is 0 Å². The van der Waals surface area contributed by atoms with Crippen molar-refractivity contribution in [1.82, 2.24) is 10.2 Å². The minimum absolute atomic E-state index is 0.00911. The second-order valence-corrected chi connectivity index (χ2v) is 7.84. The molecule has 1 N–H and O–H groups in total. The number of ketones is 1. The summed E-state index contributed by atoms with van der Waals surface area (Å²) in [5, 5.41) is 2.67. The molecular weight excluding hydrogens is 356 g/mol. The molecule has 3 rings (SSSR count). The fraction of sp³-hybridized carbons (Fsp3) is 0.591. The highest BCUT2D eigenvalue weighted by atomic mass is 16.5. The molecule has 1 aromatic rings. The first-order chi connectivity index (χ1) is 13.6. The third-order valence-corrected chi connectivity index (χ3v) is 5.51. The number of ether oxygens (including phenoxy) is 1. The van der Waals surface area contributed by atoms with E-state index in [4.69, 9.17) is 4.74 Å². The van der Waals surface area contributed by atoms with Crippen molar-refractivity contribution in [3.05, 3.63) is 35.4 Å². The number of nitrogens with zero attached hydrogens (tertiary/aromatic N) is 1. The monoisotopic (exact) mass is 386 g/mol. The number of hydrogen-bond acceptors (Lipinski definition) is 4. The van der Waals surface area contributed by atoms with Gasteiger partial charge in [-0.15, -0.1) is 0 Å². The lowest BCUT2D eigenvalue weighted by molar-refractivity contribution is -0.137. The summed E-state index contributed by atoms with van der Waals surface area (Å²) in [5.74, 6) is 0.697. The van der Waals surface area contributed by atoms with E-state index < -0.39 is 0 Å². The molecule has 1 saturated carbocycles. The number of nitrogens with one attached hydrogen (secondary N) is 1. The van der Waals surface area contributed by atoms with Gasteiger partial charge in [0.2, 0.25) is 5.91 Å². The summed E-state index contributed by atoms with van der Waals surface area (Å²) in [6, 6.07) is 7.52. The van der Waals surface area contributed by atoms with Crippen LogP contribution in [0.1, 0.15) is 60.9 Å². The standard InChI is InChI=1S/C22H30N2O4/c1-2-20(25)12-23-22(27)18-6-3-5-17(11-18)19-7-4-10-24(13-19)21(26)15-28-14-16-8-9-16/h3,5-6,11,16,19H,2,4,7-10,12-15H2,1H3,(H,23,27). The summed E-state index contributed by atoms with van der Waals surface area (Å²) >= 11 is 0. The Morgan fingerprint density at radius 3 is 2.79 bits per heavy atom. The Morgan fingerprint density at radius 1 is 1.21 bits per heavy atom. The SMILES string of the molecule is CCC(=O)CNC(=O)c1cccc(C2CCCN(C(=O)COCC3CC3)C2)c1. The van der Waals surface area contributed by atoms with Crippen LogP contribution >= 0.6 is 0 Å².